The van der Waals surface area contributed by atoms with E-state index in [0.29, 0.717) is 25.4 Å². The van der Waals surface area contributed by atoms with Crippen LogP contribution in [0.1, 0.15) is 32.6 Å². The van der Waals surface area contributed by atoms with Crippen LogP contribution in [0.4, 0.5) is 0 Å². The highest BCUT2D eigenvalue weighted by Gasteiger charge is 2.24. The highest BCUT2D eigenvalue weighted by Crippen LogP contribution is 2.18. The van der Waals surface area contributed by atoms with Crippen LogP contribution in [0.2, 0.25) is 0 Å². The van der Waals surface area contributed by atoms with Crippen LogP contribution < -0.4 is 16.4 Å². The van der Waals surface area contributed by atoms with Gasteiger partial charge in [0.1, 0.15) is 0 Å². The Morgan fingerprint density at radius 1 is 1.56 bits per heavy atom. The number of rotatable bonds is 8. The molecule has 94 valence electrons. The van der Waals surface area contributed by atoms with E-state index in [1.54, 1.807) is 0 Å². The molecule has 0 saturated heterocycles. The lowest BCUT2D eigenvalue weighted by Gasteiger charge is -2.21. The molecule has 0 heterocycles. The third kappa shape index (κ3) is 5.44. The molecule has 0 spiro atoms. The van der Waals surface area contributed by atoms with Gasteiger partial charge >= 0.3 is 0 Å². The van der Waals surface area contributed by atoms with Crippen LogP contribution >= 0.6 is 0 Å². The van der Waals surface area contributed by atoms with Gasteiger partial charge in [-0.1, -0.05) is 0 Å². The Morgan fingerprint density at radius 2 is 2.25 bits per heavy atom. The smallest absolute Gasteiger partial charge is 0.221 e. The number of nitrogens with two attached hydrogens (primary N) is 1. The number of hydrogen-bond acceptors (Lipinski definition) is 4. The van der Waals surface area contributed by atoms with Crippen molar-refractivity contribution in [2.75, 3.05) is 13.2 Å². The summed E-state index contributed by atoms with van der Waals surface area (Å²) in [7, 11) is 0. The van der Waals surface area contributed by atoms with Crippen molar-refractivity contribution in [1.29, 1.82) is 0 Å². The van der Waals surface area contributed by atoms with E-state index in [9.17, 15) is 4.79 Å². The van der Waals surface area contributed by atoms with E-state index in [4.69, 9.17) is 10.8 Å². The first-order valence-electron chi connectivity index (χ1n) is 6.02. The predicted molar refractivity (Wildman–Crippen MR) is 62.9 cm³/mol. The summed E-state index contributed by atoms with van der Waals surface area (Å²) in [5.74, 6) is 0.0710. The quantitative estimate of drug-likeness (QED) is 0.445. The summed E-state index contributed by atoms with van der Waals surface area (Å²) >= 11 is 0. The van der Waals surface area contributed by atoms with Crippen LogP contribution in [-0.2, 0) is 4.79 Å². The van der Waals surface area contributed by atoms with Crippen molar-refractivity contribution in [3.8, 4) is 0 Å². The van der Waals surface area contributed by atoms with Gasteiger partial charge in [-0.2, -0.15) is 0 Å². The number of aliphatic hydroxyl groups excluding tert-OH is 1. The van der Waals surface area contributed by atoms with Gasteiger partial charge in [-0.05, 0) is 26.2 Å². The molecule has 0 aromatic rings. The van der Waals surface area contributed by atoms with Crippen molar-refractivity contribution in [3.63, 3.8) is 0 Å². The third-order valence-corrected chi connectivity index (χ3v) is 2.74. The monoisotopic (exact) mass is 229 g/mol. The number of nitrogens with one attached hydrogen (secondary N) is 2. The molecule has 5 nitrogen and oxygen atoms in total. The summed E-state index contributed by atoms with van der Waals surface area (Å²) in [4.78, 5) is 11.5. The van der Waals surface area contributed by atoms with E-state index in [1.807, 2.05) is 6.92 Å². The van der Waals surface area contributed by atoms with Gasteiger partial charge in [0.2, 0.25) is 5.91 Å². The van der Waals surface area contributed by atoms with Gasteiger partial charge in [0.25, 0.3) is 0 Å². The van der Waals surface area contributed by atoms with Crippen molar-refractivity contribution in [2.24, 2.45) is 5.73 Å². The fourth-order valence-corrected chi connectivity index (χ4v) is 1.63. The average molecular weight is 229 g/mol. The third-order valence-electron chi connectivity index (χ3n) is 2.74. The Kier molecular flexibility index (Phi) is 5.73. The van der Waals surface area contributed by atoms with Gasteiger partial charge < -0.3 is 21.5 Å². The molecule has 1 saturated carbocycles. The maximum absolute atomic E-state index is 11.5. The number of aliphatic hydroxyl groups is 1. The first-order chi connectivity index (χ1) is 7.65. The lowest BCUT2D eigenvalue weighted by molar-refractivity contribution is -0.121. The van der Waals surface area contributed by atoms with Gasteiger partial charge in [-0.25, -0.2) is 0 Å². The number of hydrogen-bond donors (Lipinski definition) is 4. The Bertz CT molecular complexity index is 219. The summed E-state index contributed by atoms with van der Waals surface area (Å²) in [6.45, 7) is 2.57. The van der Waals surface area contributed by atoms with E-state index >= 15 is 0 Å². The molecule has 1 rings (SSSR count). The molecule has 5 N–H and O–H groups in total. The Hall–Kier alpha value is -0.650. The first-order valence-corrected chi connectivity index (χ1v) is 6.02. The highest BCUT2D eigenvalue weighted by atomic mass is 16.3. The van der Waals surface area contributed by atoms with Gasteiger partial charge in [0.15, 0.2) is 0 Å². The minimum Gasteiger partial charge on any atom is -0.396 e. The highest BCUT2D eigenvalue weighted by molar-refractivity contribution is 5.77. The molecule has 2 unspecified atom stereocenters. The molecule has 1 aliphatic carbocycles. The molecule has 5 heteroatoms. The van der Waals surface area contributed by atoms with Gasteiger partial charge in [-0.3, -0.25) is 4.79 Å². The SMILES string of the molecule is CC(CCO)NC(CN)CC(=O)NC1CC1. The second-order valence-corrected chi connectivity index (χ2v) is 4.56. The molecule has 0 aromatic heterocycles. The fraction of sp³-hybridized carbons (Fsp3) is 0.909. The maximum Gasteiger partial charge on any atom is 0.221 e. The second-order valence-electron chi connectivity index (χ2n) is 4.56. The van der Waals surface area contributed by atoms with Crippen molar-refractivity contribution in [1.82, 2.24) is 10.6 Å². The Morgan fingerprint density at radius 3 is 2.75 bits per heavy atom. The molecule has 1 amide bonds. The fourth-order valence-electron chi connectivity index (χ4n) is 1.63. The minimum absolute atomic E-state index is 0.000278. The summed E-state index contributed by atoms with van der Waals surface area (Å²) in [6.07, 6.45) is 3.31. The van der Waals surface area contributed by atoms with Gasteiger partial charge in [0.05, 0.1) is 0 Å². The van der Waals surface area contributed by atoms with E-state index in [2.05, 4.69) is 10.6 Å². The van der Waals surface area contributed by atoms with Crippen molar-refractivity contribution in [3.05, 3.63) is 0 Å². The molecule has 1 fully saturated rings. The van der Waals surface area contributed by atoms with E-state index in [-0.39, 0.29) is 24.6 Å². The van der Waals surface area contributed by atoms with Crippen LogP contribution in [0.15, 0.2) is 0 Å². The van der Waals surface area contributed by atoms with Crippen molar-refractivity contribution >= 4 is 5.91 Å². The molecule has 0 bridgehead atoms. The average Bonchev–Trinajstić information content (AvgIpc) is 3.00. The van der Waals surface area contributed by atoms with Crippen molar-refractivity contribution < 1.29 is 9.90 Å². The molecule has 0 aromatic carbocycles. The number of carbonyl (C=O) groups is 1. The lowest BCUT2D eigenvalue weighted by atomic mass is 10.1. The van der Waals surface area contributed by atoms with E-state index in [0.717, 1.165) is 12.8 Å². The zero-order valence-electron chi connectivity index (χ0n) is 9.91. The molecular weight excluding hydrogens is 206 g/mol. The lowest BCUT2D eigenvalue weighted by Crippen LogP contribution is -2.45. The Balaban J connectivity index is 2.20. The number of amides is 1. The van der Waals surface area contributed by atoms with Crippen LogP contribution in [0, 0.1) is 0 Å². The minimum atomic E-state index is 0.000278. The maximum atomic E-state index is 11.5. The largest absolute Gasteiger partial charge is 0.396 e. The van der Waals surface area contributed by atoms with E-state index in [1.165, 1.54) is 0 Å². The summed E-state index contributed by atoms with van der Waals surface area (Å²) in [6, 6.07) is 0.591. The van der Waals surface area contributed by atoms with Gasteiger partial charge in [-0.15, -0.1) is 0 Å². The summed E-state index contributed by atoms with van der Waals surface area (Å²) in [5.41, 5.74) is 5.61. The molecule has 16 heavy (non-hydrogen) atoms. The number of carbonyl (C=O) groups excluding carboxylic acids is 1. The molecule has 1 aliphatic rings. The standard InChI is InChI=1S/C11H23N3O2/c1-8(4-5-15)13-10(7-12)6-11(16)14-9-2-3-9/h8-10,13,15H,2-7,12H2,1H3,(H,14,16). The second kappa shape index (κ2) is 6.83. The van der Waals surface area contributed by atoms with Crippen molar-refractivity contribution in [2.45, 2.75) is 50.7 Å². The van der Waals surface area contributed by atoms with Crippen LogP contribution in [0.3, 0.4) is 0 Å². The first kappa shape index (κ1) is 13.4. The molecule has 0 aliphatic heterocycles. The van der Waals surface area contributed by atoms with Crippen LogP contribution in [-0.4, -0.2) is 42.3 Å². The molecular formula is C11H23N3O2. The Labute approximate surface area is 96.8 Å². The zero-order valence-corrected chi connectivity index (χ0v) is 9.91. The van der Waals surface area contributed by atoms with Crippen LogP contribution in [0.25, 0.3) is 0 Å². The van der Waals surface area contributed by atoms with Crippen LogP contribution in [0.5, 0.6) is 0 Å². The summed E-state index contributed by atoms with van der Waals surface area (Å²) in [5, 5.41) is 15.0. The molecule has 0 radical (unpaired) electrons. The zero-order chi connectivity index (χ0) is 12.0. The van der Waals surface area contributed by atoms with Gasteiger partial charge in [0, 0.05) is 37.7 Å². The van der Waals surface area contributed by atoms with E-state index < -0.39 is 0 Å². The predicted octanol–water partition coefficient (Wildman–Crippen LogP) is -0.657. The topological polar surface area (TPSA) is 87.4 Å². The normalized spacial score (nSPS) is 19.2. The summed E-state index contributed by atoms with van der Waals surface area (Å²) < 4.78 is 0. The molecule has 2 atom stereocenters.